The summed E-state index contributed by atoms with van der Waals surface area (Å²) < 4.78 is 0. The molecule has 2 heteroatoms. The van der Waals surface area contributed by atoms with Crippen LogP contribution in [0, 0.1) is 0 Å². The highest BCUT2D eigenvalue weighted by atomic mass is 15.2. The smallest absolute Gasteiger partial charge is 0.0300 e. The number of nitrogens with two attached hydrogens (primary N) is 1. The Labute approximate surface area is 83.5 Å². The molecule has 13 heavy (non-hydrogen) atoms. The lowest BCUT2D eigenvalue weighted by Gasteiger charge is -2.39. The Hall–Kier alpha value is -0.0800. The highest BCUT2D eigenvalue weighted by molar-refractivity contribution is 4.85. The van der Waals surface area contributed by atoms with Gasteiger partial charge in [0.2, 0.25) is 0 Å². The zero-order valence-corrected chi connectivity index (χ0v) is 9.77. The molecule has 1 atom stereocenters. The van der Waals surface area contributed by atoms with Crippen molar-refractivity contribution in [1.82, 2.24) is 4.90 Å². The Morgan fingerprint density at radius 1 is 1.23 bits per heavy atom. The van der Waals surface area contributed by atoms with Crippen LogP contribution < -0.4 is 5.73 Å². The first-order valence-corrected chi connectivity index (χ1v) is 5.59. The number of hydrogen-bond acceptors (Lipinski definition) is 2. The Bertz CT molecular complexity index is 119. The van der Waals surface area contributed by atoms with Crippen LogP contribution in [0.2, 0.25) is 0 Å². The zero-order valence-electron chi connectivity index (χ0n) is 9.77. The molecule has 0 spiro atoms. The molecule has 0 aromatic carbocycles. The van der Waals surface area contributed by atoms with Crippen LogP contribution in [-0.4, -0.2) is 30.1 Å². The molecule has 0 fully saturated rings. The summed E-state index contributed by atoms with van der Waals surface area (Å²) in [5, 5.41) is 0. The van der Waals surface area contributed by atoms with Crippen LogP contribution in [0.25, 0.3) is 0 Å². The Kier molecular flexibility index (Phi) is 6.35. The number of hydrogen-bond donors (Lipinski definition) is 1. The molecule has 0 rings (SSSR count). The van der Waals surface area contributed by atoms with E-state index < -0.39 is 0 Å². The molecule has 1 unspecified atom stereocenters. The van der Waals surface area contributed by atoms with E-state index in [1.165, 1.54) is 19.4 Å². The molecule has 0 aliphatic rings. The van der Waals surface area contributed by atoms with Gasteiger partial charge in [-0.25, -0.2) is 0 Å². The highest BCUT2D eigenvalue weighted by Gasteiger charge is 2.26. The quantitative estimate of drug-likeness (QED) is 0.660. The van der Waals surface area contributed by atoms with Gasteiger partial charge in [-0.15, -0.1) is 0 Å². The van der Waals surface area contributed by atoms with Gasteiger partial charge in [-0.05, 0) is 32.9 Å². The van der Waals surface area contributed by atoms with E-state index in [-0.39, 0.29) is 5.54 Å². The molecule has 0 amide bonds. The molecule has 0 aromatic rings. The fourth-order valence-corrected chi connectivity index (χ4v) is 1.66. The van der Waals surface area contributed by atoms with E-state index in [1.807, 2.05) is 0 Å². The van der Waals surface area contributed by atoms with Crippen molar-refractivity contribution in [1.29, 1.82) is 0 Å². The molecular formula is C11H26N2. The number of nitrogens with zero attached hydrogens (tertiary/aromatic N) is 1. The minimum atomic E-state index is 0.212. The van der Waals surface area contributed by atoms with E-state index >= 15 is 0 Å². The SMILES string of the molecule is CCCCN(CC)C(C)(CC)CN. The van der Waals surface area contributed by atoms with Gasteiger partial charge in [0.25, 0.3) is 0 Å². The molecule has 2 N–H and O–H groups in total. The fourth-order valence-electron chi connectivity index (χ4n) is 1.66. The minimum Gasteiger partial charge on any atom is -0.329 e. The van der Waals surface area contributed by atoms with E-state index in [0.717, 1.165) is 19.5 Å². The first-order valence-electron chi connectivity index (χ1n) is 5.59. The van der Waals surface area contributed by atoms with Crippen molar-refractivity contribution in [2.24, 2.45) is 5.73 Å². The molecular weight excluding hydrogens is 160 g/mol. The molecule has 0 aromatic heterocycles. The van der Waals surface area contributed by atoms with E-state index in [1.54, 1.807) is 0 Å². The molecule has 2 nitrogen and oxygen atoms in total. The van der Waals surface area contributed by atoms with Crippen LogP contribution >= 0.6 is 0 Å². The average Bonchev–Trinajstić information content (AvgIpc) is 2.18. The van der Waals surface area contributed by atoms with Crippen LogP contribution in [0.5, 0.6) is 0 Å². The van der Waals surface area contributed by atoms with E-state index in [9.17, 15) is 0 Å². The number of likely N-dealkylation sites (N-methyl/N-ethyl adjacent to an activating group) is 1. The van der Waals surface area contributed by atoms with Gasteiger partial charge in [-0.1, -0.05) is 27.2 Å². The van der Waals surface area contributed by atoms with Crippen molar-refractivity contribution >= 4 is 0 Å². The molecule has 80 valence electrons. The van der Waals surface area contributed by atoms with Gasteiger partial charge < -0.3 is 5.73 Å². The predicted molar refractivity (Wildman–Crippen MR) is 59.9 cm³/mol. The Morgan fingerprint density at radius 2 is 1.85 bits per heavy atom. The molecule has 0 saturated carbocycles. The monoisotopic (exact) mass is 186 g/mol. The summed E-state index contributed by atoms with van der Waals surface area (Å²) >= 11 is 0. The van der Waals surface area contributed by atoms with Crippen LogP contribution in [0.15, 0.2) is 0 Å². The molecule has 0 heterocycles. The predicted octanol–water partition coefficient (Wildman–Crippen LogP) is 2.24. The largest absolute Gasteiger partial charge is 0.329 e. The van der Waals surface area contributed by atoms with Crippen molar-refractivity contribution in [2.45, 2.75) is 52.5 Å². The molecule has 0 bridgehead atoms. The fraction of sp³-hybridized carbons (Fsp3) is 1.00. The van der Waals surface area contributed by atoms with E-state index in [2.05, 4.69) is 32.6 Å². The van der Waals surface area contributed by atoms with E-state index in [4.69, 9.17) is 5.73 Å². The molecule has 0 aliphatic carbocycles. The lowest BCUT2D eigenvalue weighted by atomic mass is 9.96. The van der Waals surface area contributed by atoms with Crippen LogP contribution in [0.1, 0.15) is 47.0 Å². The first-order chi connectivity index (χ1) is 6.14. The maximum Gasteiger partial charge on any atom is 0.0300 e. The second-order valence-corrected chi connectivity index (χ2v) is 3.99. The van der Waals surface area contributed by atoms with Gasteiger partial charge in [0.05, 0.1) is 0 Å². The lowest BCUT2D eigenvalue weighted by Crippen LogP contribution is -2.51. The molecule has 0 saturated heterocycles. The van der Waals surface area contributed by atoms with Gasteiger partial charge in [0, 0.05) is 12.1 Å². The second kappa shape index (κ2) is 6.39. The molecule has 0 radical (unpaired) electrons. The number of unbranched alkanes of at least 4 members (excludes halogenated alkanes) is 1. The third kappa shape index (κ3) is 3.65. The third-order valence-corrected chi connectivity index (χ3v) is 3.13. The normalized spacial score (nSPS) is 16.2. The summed E-state index contributed by atoms with van der Waals surface area (Å²) in [6.45, 7) is 12.0. The van der Waals surface area contributed by atoms with Crippen LogP contribution in [0.4, 0.5) is 0 Å². The topological polar surface area (TPSA) is 29.3 Å². The van der Waals surface area contributed by atoms with Gasteiger partial charge in [-0.2, -0.15) is 0 Å². The van der Waals surface area contributed by atoms with Crippen LogP contribution in [0.3, 0.4) is 0 Å². The van der Waals surface area contributed by atoms with Crippen molar-refractivity contribution in [3.63, 3.8) is 0 Å². The summed E-state index contributed by atoms with van der Waals surface area (Å²) in [4.78, 5) is 2.51. The zero-order chi connectivity index (χ0) is 10.3. The standard InChI is InChI=1S/C11H26N2/c1-5-8-9-13(7-3)11(4,6-2)10-12/h5-10,12H2,1-4H3. The Balaban J connectivity index is 4.16. The Morgan fingerprint density at radius 3 is 2.15 bits per heavy atom. The van der Waals surface area contributed by atoms with Gasteiger partial charge in [0.15, 0.2) is 0 Å². The third-order valence-electron chi connectivity index (χ3n) is 3.13. The minimum absolute atomic E-state index is 0.212. The van der Waals surface area contributed by atoms with E-state index in [0.29, 0.717) is 0 Å². The summed E-state index contributed by atoms with van der Waals surface area (Å²) in [7, 11) is 0. The van der Waals surface area contributed by atoms with Gasteiger partial charge >= 0.3 is 0 Å². The summed E-state index contributed by atoms with van der Waals surface area (Å²) in [6, 6.07) is 0. The van der Waals surface area contributed by atoms with Crippen LogP contribution in [-0.2, 0) is 0 Å². The summed E-state index contributed by atoms with van der Waals surface area (Å²) in [6.07, 6.45) is 3.69. The first kappa shape index (κ1) is 12.9. The van der Waals surface area contributed by atoms with Crippen molar-refractivity contribution < 1.29 is 0 Å². The van der Waals surface area contributed by atoms with Crippen molar-refractivity contribution in [2.75, 3.05) is 19.6 Å². The van der Waals surface area contributed by atoms with Crippen molar-refractivity contribution in [3.8, 4) is 0 Å². The number of rotatable bonds is 7. The lowest BCUT2D eigenvalue weighted by molar-refractivity contribution is 0.111. The molecule has 0 aliphatic heterocycles. The summed E-state index contributed by atoms with van der Waals surface area (Å²) in [5.74, 6) is 0. The maximum absolute atomic E-state index is 5.82. The second-order valence-electron chi connectivity index (χ2n) is 3.99. The highest BCUT2D eigenvalue weighted by Crippen LogP contribution is 2.18. The van der Waals surface area contributed by atoms with Gasteiger partial charge in [-0.3, -0.25) is 4.90 Å². The van der Waals surface area contributed by atoms with Gasteiger partial charge in [0.1, 0.15) is 0 Å². The maximum atomic E-state index is 5.82. The average molecular weight is 186 g/mol. The summed E-state index contributed by atoms with van der Waals surface area (Å²) in [5.41, 5.74) is 6.04. The van der Waals surface area contributed by atoms with Crippen molar-refractivity contribution in [3.05, 3.63) is 0 Å².